The molecule has 1 aromatic rings. The van der Waals surface area contributed by atoms with Crippen molar-refractivity contribution in [2.24, 2.45) is 0 Å². The fraction of sp³-hybridized carbons (Fsp3) is 0.529. The highest BCUT2D eigenvalue weighted by Gasteiger charge is 2.34. The summed E-state index contributed by atoms with van der Waals surface area (Å²) in [5.74, 6) is -0.760. The number of ether oxygens (including phenoxy) is 1. The first kappa shape index (κ1) is 20.5. The Morgan fingerprint density at radius 3 is 2.69 bits per heavy atom. The molecule has 26 heavy (non-hydrogen) atoms. The van der Waals surface area contributed by atoms with Crippen molar-refractivity contribution in [3.63, 3.8) is 0 Å². The number of rotatable bonds is 6. The van der Waals surface area contributed by atoms with Crippen molar-refractivity contribution in [1.82, 2.24) is 5.32 Å². The number of carbonyl (C=O) groups excluding carboxylic acids is 2. The van der Waals surface area contributed by atoms with Crippen molar-refractivity contribution in [2.45, 2.75) is 38.5 Å². The molecule has 0 radical (unpaired) electrons. The van der Waals surface area contributed by atoms with E-state index >= 15 is 0 Å². The highest BCUT2D eigenvalue weighted by molar-refractivity contribution is 6.31. The Bertz CT molecular complexity index is 661. The molecule has 144 valence electrons. The number of nitrogens with zero attached hydrogens (tertiary/aromatic N) is 1. The lowest BCUT2D eigenvalue weighted by molar-refractivity contribution is -0.137. The van der Waals surface area contributed by atoms with Crippen LogP contribution in [0.2, 0.25) is 5.02 Å². The van der Waals surface area contributed by atoms with Crippen molar-refractivity contribution >= 4 is 29.1 Å². The molecule has 0 saturated carbocycles. The van der Waals surface area contributed by atoms with Gasteiger partial charge in [0, 0.05) is 38.7 Å². The third kappa shape index (κ3) is 5.60. The quantitative estimate of drug-likeness (QED) is 0.807. The molecule has 1 heterocycles. The summed E-state index contributed by atoms with van der Waals surface area (Å²) >= 11 is 5.60. The van der Waals surface area contributed by atoms with Gasteiger partial charge in [-0.1, -0.05) is 11.6 Å². The van der Waals surface area contributed by atoms with Crippen molar-refractivity contribution in [3.8, 4) is 0 Å². The van der Waals surface area contributed by atoms with E-state index in [4.69, 9.17) is 16.3 Å². The van der Waals surface area contributed by atoms with E-state index < -0.39 is 22.7 Å². The molecule has 1 aliphatic rings. The minimum atomic E-state index is -4.63. The van der Waals surface area contributed by atoms with Gasteiger partial charge in [-0.3, -0.25) is 9.59 Å². The number of amides is 2. The van der Waals surface area contributed by atoms with Gasteiger partial charge in [0.2, 0.25) is 11.8 Å². The molecule has 0 aromatic heterocycles. The van der Waals surface area contributed by atoms with Crippen LogP contribution < -0.4 is 10.2 Å². The molecule has 1 N–H and O–H groups in total. The molecule has 0 aliphatic carbocycles. The van der Waals surface area contributed by atoms with Crippen LogP contribution in [0.4, 0.5) is 18.9 Å². The maximum Gasteiger partial charge on any atom is 0.417 e. The molecule has 2 amide bonds. The van der Waals surface area contributed by atoms with Gasteiger partial charge in [0.1, 0.15) is 0 Å². The lowest BCUT2D eigenvalue weighted by Gasteiger charge is -2.22. The molecule has 1 aliphatic heterocycles. The number of anilines is 1. The number of hydrogen-bond acceptors (Lipinski definition) is 3. The second-order valence-corrected chi connectivity index (χ2v) is 6.43. The lowest BCUT2D eigenvalue weighted by Crippen LogP contribution is -2.36. The van der Waals surface area contributed by atoms with Gasteiger partial charge in [0.15, 0.2) is 0 Å². The van der Waals surface area contributed by atoms with E-state index in [-0.39, 0.29) is 30.7 Å². The first-order valence-corrected chi connectivity index (χ1v) is 8.59. The first-order chi connectivity index (χ1) is 12.2. The summed E-state index contributed by atoms with van der Waals surface area (Å²) in [6, 6.07) is 3.23. The second kappa shape index (κ2) is 8.73. The smallest absolute Gasteiger partial charge is 0.376 e. The van der Waals surface area contributed by atoms with Gasteiger partial charge in [-0.15, -0.1) is 0 Å². The zero-order chi connectivity index (χ0) is 19.3. The zero-order valence-corrected chi connectivity index (χ0v) is 15.0. The standard InChI is InChI=1S/C17H20ClF3N2O3/c1-11(24)23(7-6-16(25)22-10-13-3-2-8-26-13)12-4-5-15(18)14(9-12)17(19,20)21/h4-5,9,13H,2-3,6-8,10H2,1H3,(H,22,25). The number of carbonyl (C=O) groups is 2. The van der Waals surface area contributed by atoms with E-state index in [1.807, 2.05) is 0 Å². The molecule has 0 bridgehead atoms. The highest BCUT2D eigenvalue weighted by Crippen LogP contribution is 2.37. The van der Waals surface area contributed by atoms with Crippen molar-refractivity contribution < 1.29 is 27.5 Å². The van der Waals surface area contributed by atoms with Gasteiger partial charge in [-0.25, -0.2) is 0 Å². The molecule has 2 rings (SSSR count). The zero-order valence-electron chi connectivity index (χ0n) is 14.2. The monoisotopic (exact) mass is 392 g/mol. The number of benzene rings is 1. The summed E-state index contributed by atoms with van der Waals surface area (Å²) in [5, 5.41) is 2.27. The molecular weight excluding hydrogens is 373 g/mol. The van der Waals surface area contributed by atoms with E-state index in [0.717, 1.165) is 29.9 Å². The van der Waals surface area contributed by atoms with E-state index in [0.29, 0.717) is 13.2 Å². The first-order valence-electron chi connectivity index (χ1n) is 8.21. The minimum Gasteiger partial charge on any atom is -0.376 e. The van der Waals surface area contributed by atoms with Crippen molar-refractivity contribution in [3.05, 3.63) is 28.8 Å². The van der Waals surface area contributed by atoms with Crippen LogP contribution in [0, 0.1) is 0 Å². The van der Waals surface area contributed by atoms with Crippen LogP contribution in [0.25, 0.3) is 0 Å². The van der Waals surface area contributed by atoms with Gasteiger partial charge >= 0.3 is 6.18 Å². The molecule has 9 heteroatoms. The van der Waals surface area contributed by atoms with Gasteiger partial charge in [0.05, 0.1) is 16.7 Å². The van der Waals surface area contributed by atoms with Crippen LogP contribution in [0.1, 0.15) is 31.7 Å². The van der Waals surface area contributed by atoms with Gasteiger partial charge in [0.25, 0.3) is 0 Å². The fourth-order valence-corrected chi connectivity index (χ4v) is 2.93. The number of halogens is 4. The predicted octanol–water partition coefficient (Wildman–Crippen LogP) is 3.40. The van der Waals surface area contributed by atoms with E-state index in [1.165, 1.54) is 13.0 Å². The van der Waals surface area contributed by atoms with Crippen LogP contribution >= 0.6 is 11.6 Å². The Balaban J connectivity index is 2.00. The maximum atomic E-state index is 13.0. The Labute approximate surface area is 154 Å². The Morgan fingerprint density at radius 2 is 2.12 bits per heavy atom. The summed E-state index contributed by atoms with van der Waals surface area (Å²) in [7, 11) is 0. The average Bonchev–Trinajstić information content (AvgIpc) is 3.06. The highest BCUT2D eigenvalue weighted by atomic mass is 35.5. The summed E-state index contributed by atoms with van der Waals surface area (Å²) in [5.41, 5.74) is -0.980. The molecule has 5 nitrogen and oxygen atoms in total. The maximum absolute atomic E-state index is 13.0. The molecule has 1 unspecified atom stereocenters. The van der Waals surface area contributed by atoms with Gasteiger partial charge < -0.3 is 15.0 Å². The van der Waals surface area contributed by atoms with Gasteiger partial charge in [-0.2, -0.15) is 13.2 Å². The van der Waals surface area contributed by atoms with Crippen LogP contribution in [-0.4, -0.2) is 37.6 Å². The largest absolute Gasteiger partial charge is 0.417 e. The second-order valence-electron chi connectivity index (χ2n) is 6.02. The molecule has 0 spiro atoms. The summed E-state index contributed by atoms with van der Waals surface area (Å²) in [6.07, 6.45) is -2.83. The van der Waals surface area contributed by atoms with Gasteiger partial charge in [-0.05, 0) is 31.0 Å². The number of nitrogens with one attached hydrogen (secondary N) is 1. The minimum absolute atomic E-state index is 0.00605. The Morgan fingerprint density at radius 1 is 1.38 bits per heavy atom. The molecule has 1 saturated heterocycles. The van der Waals surface area contributed by atoms with E-state index in [1.54, 1.807) is 0 Å². The van der Waals surface area contributed by atoms with Crippen LogP contribution in [0.3, 0.4) is 0 Å². The Hall–Kier alpha value is -1.80. The van der Waals surface area contributed by atoms with Crippen molar-refractivity contribution in [1.29, 1.82) is 0 Å². The fourth-order valence-electron chi connectivity index (χ4n) is 2.70. The third-order valence-electron chi connectivity index (χ3n) is 4.06. The van der Waals surface area contributed by atoms with Crippen molar-refractivity contribution in [2.75, 3.05) is 24.6 Å². The summed E-state index contributed by atoms with van der Waals surface area (Å²) < 4.78 is 44.4. The summed E-state index contributed by atoms with van der Waals surface area (Å²) in [4.78, 5) is 24.9. The lowest BCUT2D eigenvalue weighted by atomic mass is 10.1. The van der Waals surface area contributed by atoms with E-state index in [2.05, 4.69) is 5.32 Å². The summed E-state index contributed by atoms with van der Waals surface area (Å²) in [6.45, 7) is 2.26. The SMILES string of the molecule is CC(=O)N(CCC(=O)NCC1CCCO1)c1ccc(Cl)c(C(F)(F)F)c1. The van der Waals surface area contributed by atoms with E-state index in [9.17, 15) is 22.8 Å². The van der Waals surface area contributed by atoms with Crippen LogP contribution in [-0.2, 0) is 20.5 Å². The molecular formula is C17H20ClF3N2O3. The predicted molar refractivity (Wildman–Crippen MR) is 91.1 cm³/mol. The third-order valence-corrected chi connectivity index (χ3v) is 4.39. The Kier molecular flexibility index (Phi) is 6.88. The average molecular weight is 393 g/mol. The molecule has 1 atom stereocenters. The topological polar surface area (TPSA) is 58.6 Å². The number of hydrogen-bond donors (Lipinski definition) is 1. The molecule has 1 fully saturated rings. The normalized spacial score (nSPS) is 17.2. The number of alkyl halides is 3. The van der Waals surface area contributed by atoms with Crippen LogP contribution in [0.5, 0.6) is 0 Å². The van der Waals surface area contributed by atoms with Crippen LogP contribution in [0.15, 0.2) is 18.2 Å². The molecule has 1 aromatic carbocycles.